The second kappa shape index (κ2) is 5.85. The van der Waals surface area contributed by atoms with E-state index in [1.807, 2.05) is 30.3 Å². The molecule has 2 amide bonds. The van der Waals surface area contributed by atoms with Gasteiger partial charge in [-0.2, -0.15) is 0 Å². The second-order valence-corrected chi connectivity index (χ2v) is 5.87. The van der Waals surface area contributed by atoms with Crippen molar-refractivity contribution in [2.24, 2.45) is 5.92 Å². The molecule has 2 aliphatic rings. The molecule has 0 spiro atoms. The quantitative estimate of drug-likeness (QED) is 0.866. The van der Waals surface area contributed by atoms with E-state index in [2.05, 4.69) is 0 Å². The fourth-order valence-corrected chi connectivity index (χ4v) is 2.96. The van der Waals surface area contributed by atoms with Gasteiger partial charge in [0.25, 0.3) is 0 Å². The molecular weight excluding hydrogens is 268 g/mol. The highest BCUT2D eigenvalue weighted by molar-refractivity contribution is 5.89. The molecule has 0 saturated carbocycles. The summed E-state index contributed by atoms with van der Waals surface area (Å²) in [4.78, 5) is 27.6. The number of amides is 2. The van der Waals surface area contributed by atoms with Gasteiger partial charge < -0.3 is 14.9 Å². The van der Waals surface area contributed by atoms with Crippen LogP contribution in [0.15, 0.2) is 30.3 Å². The lowest BCUT2D eigenvalue weighted by Gasteiger charge is -2.37. The molecule has 1 atom stereocenters. The number of benzene rings is 1. The summed E-state index contributed by atoms with van der Waals surface area (Å²) in [6.45, 7) is 1.99. The summed E-state index contributed by atoms with van der Waals surface area (Å²) in [5.74, 6) is -0.165. The van der Waals surface area contributed by atoms with Crippen LogP contribution in [-0.4, -0.2) is 59.0 Å². The van der Waals surface area contributed by atoms with Gasteiger partial charge in [0.2, 0.25) is 11.8 Å². The minimum absolute atomic E-state index is 0.0101. The third kappa shape index (κ3) is 3.08. The first-order valence-corrected chi connectivity index (χ1v) is 7.42. The second-order valence-electron chi connectivity index (χ2n) is 5.87. The Morgan fingerprint density at radius 1 is 1.19 bits per heavy atom. The van der Waals surface area contributed by atoms with Crippen LogP contribution in [0.2, 0.25) is 0 Å². The minimum atomic E-state index is -0.389. The third-order valence-electron chi connectivity index (χ3n) is 4.25. The number of rotatable bonds is 4. The van der Waals surface area contributed by atoms with Gasteiger partial charge in [0.15, 0.2) is 0 Å². The van der Waals surface area contributed by atoms with Crippen molar-refractivity contribution < 1.29 is 14.7 Å². The summed E-state index contributed by atoms with van der Waals surface area (Å²) in [5, 5.41) is 9.25. The van der Waals surface area contributed by atoms with Gasteiger partial charge in [-0.3, -0.25) is 9.59 Å². The largest absolute Gasteiger partial charge is 0.389 e. The summed E-state index contributed by atoms with van der Waals surface area (Å²) >= 11 is 0. The van der Waals surface area contributed by atoms with Gasteiger partial charge in [-0.15, -0.1) is 0 Å². The Kier molecular flexibility index (Phi) is 3.92. The van der Waals surface area contributed by atoms with E-state index in [1.165, 1.54) is 5.56 Å². The van der Waals surface area contributed by atoms with Crippen LogP contribution in [0.3, 0.4) is 0 Å². The highest BCUT2D eigenvalue weighted by Gasteiger charge is 2.39. The summed E-state index contributed by atoms with van der Waals surface area (Å²) in [6, 6.07) is 10.0. The molecule has 2 saturated heterocycles. The molecule has 5 heteroatoms. The number of carbonyl (C=O) groups excluding carboxylic acids is 2. The number of hydrogen-bond acceptors (Lipinski definition) is 3. The van der Waals surface area contributed by atoms with Crippen molar-refractivity contribution in [2.75, 3.05) is 26.2 Å². The van der Waals surface area contributed by atoms with Crippen molar-refractivity contribution >= 4 is 11.8 Å². The van der Waals surface area contributed by atoms with Crippen molar-refractivity contribution in [3.63, 3.8) is 0 Å². The summed E-state index contributed by atoms with van der Waals surface area (Å²) < 4.78 is 0. The number of β-amino-alcohol motifs (C(OH)–C–C–N with tert-alkyl or cyclic N) is 1. The van der Waals surface area contributed by atoms with Crippen LogP contribution < -0.4 is 0 Å². The van der Waals surface area contributed by atoms with Gasteiger partial charge in [0.1, 0.15) is 0 Å². The monoisotopic (exact) mass is 288 g/mol. The highest BCUT2D eigenvalue weighted by Crippen LogP contribution is 2.23. The van der Waals surface area contributed by atoms with Crippen molar-refractivity contribution in [1.29, 1.82) is 0 Å². The van der Waals surface area contributed by atoms with Crippen LogP contribution in [0.1, 0.15) is 12.0 Å². The van der Waals surface area contributed by atoms with Gasteiger partial charge in [-0.05, 0) is 12.0 Å². The van der Waals surface area contributed by atoms with Gasteiger partial charge in [-0.25, -0.2) is 0 Å². The van der Waals surface area contributed by atoms with E-state index < -0.39 is 0 Å². The number of aliphatic hydroxyl groups is 1. The first kappa shape index (κ1) is 14.1. The number of nitrogens with zero attached hydrogens (tertiary/aromatic N) is 2. The molecule has 3 rings (SSSR count). The van der Waals surface area contributed by atoms with Gasteiger partial charge in [-0.1, -0.05) is 30.3 Å². The molecule has 1 unspecified atom stereocenters. The zero-order valence-corrected chi connectivity index (χ0v) is 11.9. The fraction of sp³-hybridized carbons (Fsp3) is 0.500. The van der Waals surface area contributed by atoms with Crippen LogP contribution >= 0.6 is 0 Å². The molecule has 21 heavy (non-hydrogen) atoms. The maximum atomic E-state index is 12.2. The molecule has 1 aromatic carbocycles. The lowest BCUT2D eigenvalue weighted by Crippen LogP contribution is -2.55. The number of aliphatic hydroxyl groups excluding tert-OH is 1. The molecule has 0 aromatic heterocycles. The zero-order chi connectivity index (χ0) is 14.8. The maximum absolute atomic E-state index is 12.2. The van der Waals surface area contributed by atoms with E-state index >= 15 is 0 Å². The van der Waals surface area contributed by atoms with Crippen LogP contribution in [0.5, 0.6) is 0 Å². The first-order valence-electron chi connectivity index (χ1n) is 7.42. The standard InChI is InChI=1S/C16H20N2O3/c19-14-10-18(11-14)16(21)13-8-15(20)17(9-13)7-6-12-4-2-1-3-5-12/h1-5,13-14,19H,6-11H2. The van der Waals surface area contributed by atoms with Gasteiger partial charge in [0, 0.05) is 32.6 Å². The summed E-state index contributed by atoms with van der Waals surface area (Å²) in [6.07, 6.45) is 0.732. The maximum Gasteiger partial charge on any atom is 0.228 e. The van der Waals surface area contributed by atoms with E-state index in [0.29, 0.717) is 32.6 Å². The molecule has 1 N–H and O–H groups in total. The van der Waals surface area contributed by atoms with E-state index in [0.717, 1.165) is 6.42 Å². The Morgan fingerprint density at radius 2 is 1.90 bits per heavy atom. The topological polar surface area (TPSA) is 60.9 Å². The summed E-state index contributed by atoms with van der Waals surface area (Å²) in [7, 11) is 0. The predicted molar refractivity (Wildman–Crippen MR) is 77.4 cm³/mol. The Labute approximate surface area is 124 Å². The smallest absolute Gasteiger partial charge is 0.228 e. The van der Waals surface area contributed by atoms with Gasteiger partial charge >= 0.3 is 0 Å². The normalized spacial score (nSPS) is 22.5. The van der Waals surface area contributed by atoms with Crippen molar-refractivity contribution in [3.8, 4) is 0 Å². The van der Waals surface area contributed by atoms with Crippen LogP contribution in [0.25, 0.3) is 0 Å². The molecule has 5 nitrogen and oxygen atoms in total. The van der Waals surface area contributed by atoms with Crippen molar-refractivity contribution in [3.05, 3.63) is 35.9 Å². The Bertz CT molecular complexity index is 526. The molecule has 0 aliphatic carbocycles. The first-order chi connectivity index (χ1) is 10.1. The number of hydrogen-bond donors (Lipinski definition) is 1. The molecule has 0 bridgehead atoms. The van der Waals surface area contributed by atoms with Crippen LogP contribution in [-0.2, 0) is 16.0 Å². The molecule has 0 radical (unpaired) electrons. The number of likely N-dealkylation sites (tertiary alicyclic amines) is 2. The van der Waals surface area contributed by atoms with E-state index in [9.17, 15) is 14.7 Å². The Balaban J connectivity index is 1.51. The van der Waals surface area contributed by atoms with Crippen molar-refractivity contribution in [1.82, 2.24) is 9.80 Å². The summed E-state index contributed by atoms with van der Waals surface area (Å²) in [5.41, 5.74) is 1.20. The van der Waals surface area contributed by atoms with E-state index in [-0.39, 0.29) is 23.8 Å². The third-order valence-corrected chi connectivity index (χ3v) is 4.25. The van der Waals surface area contributed by atoms with Crippen molar-refractivity contribution in [2.45, 2.75) is 18.9 Å². The van der Waals surface area contributed by atoms with Gasteiger partial charge in [0.05, 0.1) is 12.0 Å². The average molecular weight is 288 g/mol. The lowest BCUT2D eigenvalue weighted by molar-refractivity contribution is -0.145. The Hall–Kier alpha value is -1.88. The minimum Gasteiger partial charge on any atom is -0.389 e. The molecule has 2 fully saturated rings. The molecule has 2 aliphatic heterocycles. The highest BCUT2D eigenvalue weighted by atomic mass is 16.3. The Morgan fingerprint density at radius 3 is 2.57 bits per heavy atom. The average Bonchev–Trinajstić information content (AvgIpc) is 2.83. The number of carbonyl (C=O) groups is 2. The van der Waals surface area contributed by atoms with Crippen LogP contribution in [0.4, 0.5) is 0 Å². The molecular formula is C16H20N2O3. The molecule has 2 heterocycles. The van der Waals surface area contributed by atoms with Crippen LogP contribution in [0, 0.1) is 5.92 Å². The lowest BCUT2D eigenvalue weighted by atomic mass is 10.0. The predicted octanol–water partition coefficient (Wildman–Crippen LogP) is 0.281. The van der Waals surface area contributed by atoms with E-state index in [4.69, 9.17) is 0 Å². The zero-order valence-electron chi connectivity index (χ0n) is 11.9. The molecule has 112 valence electrons. The fourth-order valence-electron chi connectivity index (χ4n) is 2.96. The van der Waals surface area contributed by atoms with E-state index in [1.54, 1.807) is 9.80 Å². The SMILES string of the molecule is O=C1CC(C(=O)N2CC(O)C2)CN1CCc1ccccc1. The molecule has 1 aromatic rings.